The van der Waals surface area contributed by atoms with Gasteiger partial charge in [0.05, 0.1) is 17.5 Å². The number of ether oxygens (including phenoxy) is 1. The Morgan fingerprint density at radius 3 is 2.48 bits per heavy atom. The number of methoxy groups -OCH3 is 1. The van der Waals surface area contributed by atoms with Gasteiger partial charge >= 0.3 is 0 Å². The van der Waals surface area contributed by atoms with Crippen molar-refractivity contribution < 1.29 is 13.2 Å². The fourth-order valence-corrected chi connectivity index (χ4v) is 5.86. The second kappa shape index (κ2) is 10.5. The highest BCUT2D eigenvalue weighted by atomic mass is 32.2. The second-order valence-corrected chi connectivity index (χ2v) is 11.1. The molecule has 0 aliphatic carbocycles. The molecular weight excluding hydrogens is 550 g/mol. The van der Waals surface area contributed by atoms with Crippen LogP contribution in [0.3, 0.4) is 0 Å². The van der Waals surface area contributed by atoms with Gasteiger partial charge in [-0.15, -0.1) is 0 Å². The minimum absolute atomic E-state index is 0.0116. The van der Waals surface area contributed by atoms with E-state index in [1.807, 2.05) is 18.2 Å². The van der Waals surface area contributed by atoms with Crippen molar-refractivity contribution in [3.63, 3.8) is 0 Å². The average Bonchev–Trinajstić information content (AvgIpc) is 3.36. The molecule has 2 aromatic carbocycles. The lowest BCUT2D eigenvalue weighted by atomic mass is 10.2. The van der Waals surface area contributed by atoms with Crippen LogP contribution in [0.5, 0.6) is 5.75 Å². The molecule has 4 heterocycles. The number of aromatic nitrogens is 5. The van der Waals surface area contributed by atoms with E-state index in [4.69, 9.17) is 17.0 Å². The number of nitrogens with zero attached hydrogens (tertiary/aromatic N) is 6. The largest absolute Gasteiger partial charge is 0.497 e. The maximum absolute atomic E-state index is 12.6. The van der Waals surface area contributed by atoms with E-state index in [-0.39, 0.29) is 10.8 Å². The van der Waals surface area contributed by atoms with Gasteiger partial charge in [0.2, 0.25) is 5.95 Å². The summed E-state index contributed by atoms with van der Waals surface area (Å²) in [6, 6.07) is 13.8. The molecule has 0 amide bonds. The summed E-state index contributed by atoms with van der Waals surface area (Å²) in [6.07, 6.45) is 4.53. The van der Waals surface area contributed by atoms with Crippen LogP contribution in [0, 0.1) is 0 Å². The highest BCUT2D eigenvalue weighted by molar-refractivity contribution is 7.92. The van der Waals surface area contributed by atoms with Gasteiger partial charge in [0, 0.05) is 55.7 Å². The van der Waals surface area contributed by atoms with E-state index in [1.165, 1.54) is 24.5 Å². The molecule has 0 saturated carbocycles. The SMILES string of the molecule is COc1ccc2c(c1)[nH]c1c(N3CCN(C(=S)Nc4ccc(S(=O)(=O)Nc5ncccn5)cc4)CC3)ncnc12. The molecule has 40 heavy (non-hydrogen) atoms. The van der Waals surface area contributed by atoms with E-state index in [1.54, 1.807) is 31.6 Å². The Morgan fingerprint density at radius 2 is 1.75 bits per heavy atom. The number of hydrogen-bond donors (Lipinski definition) is 3. The lowest BCUT2D eigenvalue weighted by molar-refractivity contribution is 0.390. The predicted molar refractivity (Wildman–Crippen MR) is 157 cm³/mol. The summed E-state index contributed by atoms with van der Waals surface area (Å²) in [5.74, 6) is 1.64. The van der Waals surface area contributed by atoms with E-state index in [9.17, 15) is 8.42 Å². The van der Waals surface area contributed by atoms with E-state index < -0.39 is 10.0 Å². The number of sulfonamides is 1. The number of anilines is 3. The minimum atomic E-state index is -3.81. The monoisotopic (exact) mass is 575 g/mol. The topological polar surface area (TPSA) is 141 Å². The first-order valence-corrected chi connectivity index (χ1v) is 14.3. The first kappa shape index (κ1) is 25.7. The summed E-state index contributed by atoms with van der Waals surface area (Å²) in [5, 5.41) is 4.79. The van der Waals surface area contributed by atoms with Crippen LogP contribution in [0.4, 0.5) is 17.5 Å². The third-order valence-corrected chi connectivity index (χ3v) is 8.35. The molecule has 3 aromatic heterocycles. The normalized spacial score (nSPS) is 13.9. The van der Waals surface area contributed by atoms with Crippen LogP contribution in [0.1, 0.15) is 0 Å². The average molecular weight is 576 g/mol. The van der Waals surface area contributed by atoms with Crippen LogP contribution < -0.4 is 19.7 Å². The first-order valence-electron chi connectivity index (χ1n) is 12.4. The van der Waals surface area contributed by atoms with Crippen molar-refractivity contribution in [3.05, 3.63) is 67.3 Å². The Bertz CT molecular complexity index is 1790. The number of rotatable bonds is 6. The molecule has 6 rings (SSSR count). The molecule has 0 atom stereocenters. The standard InChI is InChI=1S/C26H25N9O3S2/c1-38-18-5-8-20-21(15-18)32-23-22(20)29-16-30-24(23)34-11-13-35(14-12-34)26(39)31-17-3-6-19(7-4-17)40(36,37)33-25-27-9-2-10-28-25/h2-10,15-16,32H,11-14H2,1H3,(H,31,39)(H,27,28,33). The molecule has 5 aromatic rings. The highest BCUT2D eigenvalue weighted by Crippen LogP contribution is 2.31. The van der Waals surface area contributed by atoms with E-state index in [0.29, 0.717) is 23.9 Å². The molecule has 0 unspecified atom stereocenters. The highest BCUT2D eigenvalue weighted by Gasteiger charge is 2.23. The maximum Gasteiger partial charge on any atom is 0.264 e. The van der Waals surface area contributed by atoms with Gasteiger partial charge in [0.15, 0.2) is 10.9 Å². The smallest absolute Gasteiger partial charge is 0.264 e. The quantitative estimate of drug-likeness (QED) is 0.257. The number of fused-ring (bicyclic) bond motifs is 3. The lowest BCUT2D eigenvalue weighted by Gasteiger charge is -2.36. The Balaban J connectivity index is 1.10. The van der Waals surface area contributed by atoms with Crippen LogP contribution in [0.25, 0.3) is 21.9 Å². The van der Waals surface area contributed by atoms with Crippen LogP contribution >= 0.6 is 12.2 Å². The number of piperazine rings is 1. The third kappa shape index (κ3) is 5.05. The number of H-pyrrole nitrogens is 1. The number of aromatic amines is 1. The van der Waals surface area contributed by atoms with Gasteiger partial charge in [-0.3, -0.25) is 0 Å². The van der Waals surface area contributed by atoms with E-state index in [0.717, 1.165) is 46.6 Å². The van der Waals surface area contributed by atoms with Crippen LogP contribution in [-0.4, -0.2) is 76.6 Å². The molecule has 1 aliphatic heterocycles. The van der Waals surface area contributed by atoms with Gasteiger partial charge in [0.25, 0.3) is 10.0 Å². The van der Waals surface area contributed by atoms with Gasteiger partial charge in [-0.05, 0) is 54.7 Å². The predicted octanol–water partition coefficient (Wildman–Crippen LogP) is 3.23. The first-order chi connectivity index (χ1) is 19.4. The molecule has 12 nitrogen and oxygen atoms in total. The molecule has 1 fully saturated rings. The second-order valence-electron chi connectivity index (χ2n) is 9.06. The number of thiocarbonyl (C=S) groups is 1. The van der Waals surface area contributed by atoms with Gasteiger partial charge in [-0.2, -0.15) is 0 Å². The molecular formula is C26H25N9O3S2. The van der Waals surface area contributed by atoms with Crippen molar-refractivity contribution in [2.24, 2.45) is 0 Å². The fraction of sp³-hybridized carbons (Fsp3) is 0.192. The Hall–Kier alpha value is -4.56. The van der Waals surface area contributed by atoms with Crippen LogP contribution in [-0.2, 0) is 10.0 Å². The summed E-state index contributed by atoms with van der Waals surface area (Å²) < 4.78 is 33.0. The fourth-order valence-electron chi connectivity index (χ4n) is 4.60. The maximum atomic E-state index is 12.6. The summed E-state index contributed by atoms with van der Waals surface area (Å²) >= 11 is 5.65. The van der Waals surface area contributed by atoms with Crippen LogP contribution in [0.15, 0.2) is 72.1 Å². The zero-order chi connectivity index (χ0) is 27.7. The molecule has 204 valence electrons. The van der Waals surface area contributed by atoms with Gasteiger partial charge in [-0.25, -0.2) is 33.1 Å². The summed E-state index contributed by atoms with van der Waals surface area (Å²) in [5.41, 5.74) is 3.40. The lowest BCUT2D eigenvalue weighted by Crippen LogP contribution is -2.50. The van der Waals surface area contributed by atoms with Crippen LogP contribution in [0.2, 0.25) is 0 Å². The van der Waals surface area contributed by atoms with Gasteiger partial charge in [0.1, 0.15) is 23.1 Å². The summed E-state index contributed by atoms with van der Waals surface area (Å²) in [4.78, 5) is 24.8. The number of nitrogens with one attached hydrogen (secondary N) is 3. The van der Waals surface area contributed by atoms with Crippen molar-refractivity contribution in [3.8, 4) is 5.75 Å². The minimum Gasteiger partial charge on any atom is -0.497 e. The molecule has 0 bridgehead atoms. The Kier molecular flexibility index (Phi) is 6.77. The van der Waals surface area contributed by atoms with Crippen molar-refractivity contribution in [1.29, 1.82) is 0 Å². The van der Waals surface area contributed by atoms with E-state index >= 15 is 0 Å². The third-order valence-electron chi connectivity index (χ3n) is 6.64. The van der Waals surface area contributed by atoms with E-state index in [2.05, 4.69) is 44.8 Å². The van der Waals surface area contributed by atoms with Gasteiger partial charge < -0.3 is 24.8 Å². The van der Waals surface area contributed by atoms with Crippen molar-refractivity contribution in [2.75, 3.05) is 48.2 Å². The van der Waals surface area contributed by atoms with Crippen molar-refractivity contribution in [2.45, 2.75) is 4.90 Å². The van der Waals surface area contributed by atoms with Crippen molar-refractivity contribution in [1.82, 2.24) is 29.8 Å². The zero-order valence-corrected chi connectivity index (χ0v) is 23.0. The molecule has 0 spiro atoms. The Morgan fingerprint density at radius 1 is 1.00 bits per heavy atom. The molecule has 14 heteroatoms. The Labute approximate surface area is 235 Å². The summed E-state index contributed by atoms with van der Waals surface area (Å²) in [7, 11) is -2.16. The van der Waals surface area contributed by atoms with Crippen molar-refractivity contribution >= 4 is 66.7 Å². The molecule has 0 radical (unpaired) electrons. The molecule has 1 saturated heterocycles. The number of benzene rings is 2. The molecule has 3 N–H and O–H groups in total. The summed E-state index contributed by atoms with van der Waals surface area (Å²) in [6.45, 7) is 2.83. The number of hydrogen-bond acceptors (Lipinski definition) is 9. The molecule has 1 aliphatic rings. The van der Waals surface area contributed by atoms with Gasteiger partial charge in [-0.1, -0.05) is 0 Å². The zero-order valence-electron chi connectivity index (χ0n) is 21.4.